The Morgan fingerprint density at radius 3 is 2.75 bits per heavy atom. The number of allylic oxidation sites excluding steroid dienone is 3. The van der Waals surface area contributed by atoms with Crippen molar-refractivity contribution in [3.8, 4) is 0 Å². The van der Waals surface area contributed by atoms with Gasteiger partial charge in [0.05, 0.1) is 6.10 Å². The van der Waals surface area contributed by atoms with E-state index >= 15 is 0 Å². The molecule has 1 atom stereocenters. The summed E-state index contributed by atoms with van der Waals surface area (Å²) in [6, 6.07) is 0. The maximum absolute atomic E-state index is 11.2. The number of Topliss-reactive ketones (excluding diaryl/α,β-unsaturated/α-hetero) is 1. The van der Waals surface area contributed by atoms with Crippen molar-refractivity contribution in [2.24, 2.45) is 0 Å². The van der Waals surface area contributed by atoms with Crippen LogP contribution in [0.5, 0.6) is 0 Å². The van der Waals surface area contributed by atoms with Crippen LogP contribution in [0, 0.1) is 0 Å². The van der Waals surface area contributed by atoms with Gasteiger partial charge in [-0.15, -0.1) is 0 Å². The summed E-state index contributed by atoms with van der Waals surface area (Å²) in [5.74, 6) is 0.0599. The first-order chi connectivity index (χ1) is 5.66. The minimum absolute atomic E-state index is 0.0599. The highest BCUT2D eigenvalue weighted by Crippen LogP contribution is 2.23. The zero-order chi connectivity index (χ0) is 9.14. The van der Waals surface area contributed by atoms with Crippen LogP contribution < -0.4 is 0 Å². The number of hydrogen-bond donors (Lipinski definition) is 1. The van der Waals surface area contributed by atoms with Gasteiger partial charge in [-0.2, -0.15) is 0 Å². The van der Waals surface area contributed by atoms with Crippen LogP contribution in [0.1, 0.15) is 26.7 Å². The van der Waals surface area contributed by atoms with Crippen molar-refractivity contribution < 1.29 is 9.90 Å². The first-order valence-corrected chi connectivity index (χ1v) is 4.25. The number of aliphatic hydroxyl groups excluding tert-OH is 1. The van der Waals surface area contributed by atoms with Crippen molar-refractivity contribution >= 4 is 5.78 Å². The van der Waals surface area contributed by atoms with E-state index in [9.17, 15) is 9.90 Å². The Kier molecular flexibility index (Phi) is 2.82. The van der Waals surface area contributed by atoms with Crippen molar-refractivity contribution in [3.63, 3.8) is 0 Å². The second-order valence-electron chi connectivity index (χ2n) is 3.05. The first-order valence-electron chi connectivity index (χ1n) is 4.25. The van der Waals surface area contributed by atoms with Crippen molar-refractivity contribution in [2.75, 3.05) is 0 Å². The fourth-order valence-corrected chi connectivity index (χ4v) is 1.30. The van der Waals surface area contributed by atoms with E-state index in [1.807, 2.05) is 26.0 Å². The van der Waals surface area contributed by atoms with Gasteiger partial charge in [0.15, 0.2) is 5.78 Å². The molecule has 12 heavy (non-hydrogen) atoms. The molecule has 0 saturated carbocycles. The molecule has 0 aromatic carbocycles. The molecule has 1 aliphatic carbocycles. The molecule has 0 radical (unpaired) electrons. The standard InChI is InChI=1S/C10H14O2/c1-3-4-5-8-7(2)9(11)6-10(8)12/h4-5,9,11H,3,6H2,1-2H3/b5-4-. The molecular weight excluding hydrogens is 152 g/mol. The lowest BCUT2D eigenvalue weighted by Gasteiger charge is -1.98. The molecule has 0 fully saturated rings. The number of aliphatic hydroxyl groups is 1. The van der Waals surface area contributed by atoms with Gasteiger partial charge < -0.3 is 5.11 Å². The van der Waals surface area contributed by atoms with Gasteiger partial charge in [0.1, 0.15) is 0 Å². The third kappa shape index (κ3) is 1.64. The van der Waals surface area contributed by atoms with Crippen LogP contribution in [0.3, 0.4) is 0 Å². The van der Waals surface area contributed by atoms with E-state index < -0.39 is 6.10 Å². The quantitative estimate of drug-likeness (QED) is 0.676. The fraction of sp³-hybridized carbons (Fsp3) is 0.500. The Labute approximate surface area is 72.6 Å². The molecule has 0 heterocycles. The minimum atomic E-state index is -0.547. The van der Waals surface area contributed by atoms with Crippen molar-refractivity contribution in [1.82, 2.24) is 0 Å². The number of rotatable bonds is 2. The Bertz CT molecular complexity index is 249. The molecule has 1 rings (SSSR count). The molecule has 0 aliphatic heterocycles. The monoisotopic (exact) mass is 166 g/mol. The summed E-state index contributed by atoms with van der Waals surface area (Å²) in [5.41, 5.74) is 1.51. The molecule has 1 unspecified atom stereocenters. The van der Waals surface area contributed by atoms with Crippen LogP contribution in [0.4, 0.5) is 0 Å². The lowest BCUT2D eigenvalue weighted by atomic mass is 10.1. The van der Waals surface area contributed by atoms with Crippen molar-refractivity contribution in [3.05, 3.63) is 23.3 Å². The van der Waals surface area contributed by atoms with E-state index in [-0.39, 0.29) is 12.2 Å². The smallest absolute Gasteiger partial charge is 0.165 e. The molecule has 0 bridgehead atoms. The molecule has 1 aliphatic rings. The Morgan fingerprint density at radius 1 is 1.67 bits per heavy atom. The van der Waals surface area contributed by atoms with Gasteiger partial charge in [-0.25, -0.2) is 0 Å². The summed E-state index contributed by atoms with van der Waals surface area (Å²) in [6.45, 7) is 3.83. The van der Waals surface area contributed by atoms with Crippen LogP contribution >= 0.6 is 0 Å². The summed E-state index contributed by atoms with van der Waals surface area (Å²) in [7, 11) is 0. The Hall–Kier alpha value is -0.890. The summed E-state index contributed by atoms with van der Waals surface area (Å²) >= 11 is 0. The predicted octanol–water partition coefficient (Wildman–Crippen LogP) is 1.60. The molecule has 1 N–H and O–H groups in total. The van der Waals surface area contributed by atoms with Gasteiger partial charge in [-0.1, -0.05) is 19.1 Å². The highest BCUT2D eigenvalue weighted by atomic mass is 16.3. The lowest BCUT2D eigenvalue weighted by Crippen LogP contribution is -2.03. The van der Waals surface area contributed by atoms with Crippen LogP contribution in [-0.2, 0) is 4.79 Å². The molecule has 66 valence electrons. The zero-order valence-corrected chi connectivity index (χ0v) is 7.50. The number of ketones is 1. The summed E-state index contributed by atoms with van der Waals surface area (Å²) in [5, 5.41) is 9.33. The molecular formula is C10H14O2. The van der Waals surface area contributed by atoms with Crippen LogP contribution in [0.2, 0.25) is 0 Å². The molecule has 0 amide bonds. The highest BCUT2D eigenvalue weighted by molar-refractivity contribution is 6.01. The van der Waals surface area contributed by atoms with E-state index in [4.69, 9.17) is 0 Å². The van der Waals surface area contributed by atoms with Gasteiger partial charge >= 0.3 is 0 Å². The second kappa shape index (κ2) is 3.68. The Morgan fingerprint density at radius 2 is 2.33 bits per heavy atom. The van der Waals surface area contributed by atoms with Gasteiger partial charge in [-0.05, 0) is 18.9 Å². The first kappa shape index (κ1) is 9.20. The van der Waals surface area contributed by atoms with E-state index in [0.29, 0.717) is 5.57 Å². The average Bonchev–Trinajstić information content (AvgIpc) is 2.25. The third-order valence-corrected chi connectivity index (χ3v) is 2.12. The van der Waals surface area contributed by atoms with Gasteiger partial charge in [0, 0.05) is 12.0 Å². The van der Waals surface area contributed by atoms with Crippen molar-refractivity contribution in [2.45, 2.75) is 32.8 Å². The van der Waals surface area contributed by atoms with Crippen LogP contribution in [0.15, 0.2) is 23.3 Å². The number of carbonyl (C=O) groups excluding carboxylic acids is 1. The lowest BCUT2D eigenvalue weighted by molar-refractivity contribution is -0.115. The summed E-state index contributed by atoms with van der Waals surface area (Å²) < 4.78 is 0. The molecule has 0 aromatic heterocycles. The van der Waals surface area contributed by atoms with E-state index in [0.717, 1.165) is 12.0 Å². The normalized spacial score (nSPS) is 24.6. The van der Waals surface area contributed by atoms with Gasteiger partial charge in [-0.3, -0.25) is 4.79 Å². The van der Waals surface area contributed by atoms with Crippen LogP contribution in [-0.4, -0.2) is 17.0 Å². The predicted molar refractivity (Wildman–Crippen MR) is 47.8 cm³/mol. The summed E-state index contributed by atoms with van der Waals surface area (Å²) in [4.78, 5) is 11.2. The number of carbonyl (C=O) groups is 1. The van der Waals surface area contributed by atoms with E-state index in [1.165, 1.54) is 0 Å². The Balaban J connectivity index is 2.85. The zero-order valence-electron chi connectivity index (χ0n) is 7.50. The third-order valence-electron chi connectivity index (χ3n) is 2.12. The topological polar surface area (TPSA) is 37.3 Å². The molecule has 2 nitrogen and oxygen atoms in total. The highest BCUT2D eigenvalue weighted by Gasteiger charge is 2.25. The molecule has 0 spiro atoms. The van der Waals surface area contributed by atoms with E-state index in [2.05, 4.69) is 0 Å². The maximum atomic E-state index is 11.2. The molecule has 2 heteroatoms. The van der Waals surface area contributed by atoms with Crippen molar-refractivity contribution in [1.29, 1.82) is 0 Å². The van der Waals surface area contributed by atoms with E-state index in [1.54, 1.807) is 0 Å². The summed E-state index contributed by atoms with van der Waals surface area (Å²) in [6.07, 6.45) is 4.38. The van der Waals surface area contributed by atoms with Gasteiger partial charge in [0.2, 0.25) is 0 Å². The number of hydrogen-bond acceptors (Lipinski definition) is 2. The molecule has 0 saturated heterocycles. The van der Waals surface area contributed by atoms with Crippen LogP contribution in [0.25, 0.3) is 0 Å². The second-order valence-corrected chi connectivity index (χ2v) is 3.05. The largest absolute Gasteiger partial charge is 0.388 e. The molecule has 0 aromatic rings. The van der Waals surface area contributed by atoms with Gasteiger partial charge in [0.25, 0.3) is 0 Å². The fourth-order valence-electron chi connectivity index (χ4n) is 1.30. The average molecular weight is 166 g/mol. The maximum Gasteiger partial charge on any atom is 0.165 e. The SMILES string of the molecule is CC/C=C\C1=C(C)C(O)CC1=O. The minimum Gasteiger partial charge on any atom is -0.388 e.